The molecular weight excluding hydrogens is 436 g/mol. The maximum absolute atomic E-state index is 13.1. The fraction of sp³-hybridized carbons (Fsp3) is 0.0909. The Labute approximate surface area is 176 Å². The number of halogens is 1. The van der Waals surface area contributed by atoms with Crippen molar-refractivity contribution >= 4 is 50.9 Å². The third-order valence-electron chi connectivity index (χ3n) is 3.86. The SMILES string of the molecule is CC(=O)Nc1cccc(SC(C(=O)Nc2ccc(Br)cc2)c2ccccc2)c1. The molecule has 0 saturated heterocycles. The lowest BCUT2D eigenvalue weighted by molar-refractivity contribution is -0.116. The fourth-order valence-corrected chi connectivity index (χ4v) is 3.98. The van der Waals surface area contributed by atoms with Crippen LogP contribution >= 0.6 is 27.7 Å². The van der Waals surface area contributed by atoms with Crippen molar-refractivity contribution in [1.29, 1.82) is 0 Å². The molecule has 0 aliphatic rings. The van der Waals surface area contributed by atoms with E-state index in [4.69, 9.17) is 0 Å². The van der Waals surface area contributed by atoms with Crippen molar-refractivity contribution in [3.63, 3.8) is 0 Å². The normalized spacial score (nSPS) is 11.5. The summed E-state index contributed by atoms with van der Waals surface area (Å²) in [6.45, 7) is 1.47. The zero-order chi connectivity index (χ0) is 19.9. The highest BCUT2D eigenvalue weighted by molar-refractivity contribution is 9.10. The Morgan fingerprint density at radius 2 is 1.57 bits per heavy atom. The second-order valence-electron chi connectivity index (χ2n) is 6.11. The van der Waals surface area contributed by atoms with Gasteiger partial charge in [-0.15, -0.1) is 11.8 Å². The van der Waals surface area contributed by atoms with Crippen molar-refractivity contribution < 1.29 is 9.59 Å². The van der Waals surface area contributed by atoms with Crippen LogP contribution < -0.4 is 10.6 Å². The standard InChI is InChI=1S/C22H19BrN2O2S/c1-15(26)24-19-8-5-9-20(14-19)28-21(16-6-3-2-4-7-16)22(27)25-18-12-10-17(23)11-13-18/h2-14,21H,1H3,(H,24,26)(H,25,27). The zero-order valence-corrected chi connectivity index (χ0v) is 17.6. The van der Waals surface area contributed by atoms with Crippen LogP contribution in [0.15, 0.2) is 88.2 Å². The monoisotopic (exact) mass is 454 g/mol. The highest BCUT2D eigenvalue weighted by Gasteiger charge is 2.22. The maximum Gasteiger partial charge on any atom is 0.242 e. The van der Waals surface area contributed by atoms with E-state index >= 15 is 0 Å². The van der Waals surface area contributed by atoms with E-state index in [-0.39, 0.29) is 11.8 Å². The van der Waals surface area contributed by atoms with E-state index in [1.807, 2.05) is 78.9 Å². The summed E-state index contributed by atoms with van der Waals surface area (Å²) < 4.78 is 0.953. The summed E-state index contributed by atoms with van der Waals surface area (Å²) in [6.07, 6.45) is 0. The Kier molecular flexibility index (Phi) is 6.90. The number of amides is 2. The van der Waals surface area contributed by atoms with Crippen LogP contribution in [0.25, 0.3) is 0 Å². The number of hydrogen-bond donors (Lipinski definition) is 2. The predicted molar refractivity (Wildman–Crippen MR) is 119 cm³/mol. The van der Waals surface area contributed by atoms with E-state index in [0.29, 0.717) is 5.69 Å². The largest absolute Gasteiger partial charge is 0.326 e. The first-order valence-electron chi connectivity index (χ1n) is 8.67. The average Bonchev–Trinajstić information content (AvgIpc) is 2.68. The molecule has 28 heavy (non-hydrogen) atoms. The zero-order valence-electron chi connectivity index (χ0n) is 15.2. The van der Waals surface area contributed by atoms with Crippen LogP contribution in [0.2, 0.25) is 0 Å². The van der Waals surface area contributed by atoms with Crippen LogP contribution in [0, 0.1) is 0 Å². The molecule has 2 N–H and O–H groups in total. The van der Waals surface area contributed by atoms with Crippen molar-refractivity contribution in [1.82, 2.24) is 0 Å². The Hall–Kier alpha value is -2.57. The van der Waals surface area contributed by atoms with Gasteiger partial charge in [0.15, 0.2) is 0 Å². The van der Waals surface area contributed by atoms with Gasteiger partial charge in [-0.25, -0.2) is 0 Å². The van der Waals surface area contributed by atoms with Crippen molar-refractivity contribution in [2.75, 3.05) is 10.6 Å². The lowest BCUT2D eigenvalue weighted by Crippen LogP contribution is -2.19. The molecule has 3 aromatic rings. The third-order valence-corrected chi connectivity index (χ3v) is 5.64. The second kappa shape index (κ2) is 9.57. The summed E-state index contributed by atoms with van der Waals surface area (Å²) in [6, 6.07) is 24.6. The first-order chi connectivity index (χ1) is 13.5. The number of carbonyl (C=O) groups excluding carboxylic acids is 2. The van der Waals surface area contributed by atoms with E-state index in [0.717, 1.165) is 20.6 Å². The Balaban J connectivity index is 1.84. The van der Waals surface area contributed by atoms with Gasteiger partial charge >= 0.3 is 0 Å². The van der Waals surface area contributed by atoms with Crippen LogP contribution in [0.1, 0.15) is 17.7 Å². The summed E-state index contributed by atoms with van der Waals surface area (Å²) >= 11 is 4.84. The summed E-state index contributed by atoms with van der Waals surface area (Å²) in [5.41, 5.74) is 2.35. The number of rotatable bonds is 6. The lowest BCUT2D eigenvalue weighted by atomic mass is 10.1. The molecule has 0 aromatic heterocycles. The number of nitrogens with one attached hydrogen (secondary N) is 2. The van der Waals surface area contributed by atoms with E-state index in [1.54, 1.807) is 0 Å². The first-order valence-corrected chi connectivity index (χ1v) is 10.3. The van der Waals surface area contributed by atoms with E-state index in [1.165, 1.54) is 18.7 Å². The molecule has 0 heterocycles. The molecule has 1 unspecified atom stereocenters. The van der Waals surface area contributed by atoms with Gasteiger partial charge in [-0.05, 0) is 48.0 Å². The summed E-state index contributed by atoms with van der Waals surface area (Å²) in [7, 11) is 0. The highest BCUT2D eigenvalue weighted by Crippen LogP contribution is 2.37. The van der Waals surface area contributed by atoms with Gasteiger partial charge in [-0.1, -0.05) is 52.3 Å². The molecule has 3 aromatic carbocycles. The molecule has 0 radical (unpaired) electrons. The average molecular weight is 455 g/mol. The number of hydrogen-bond acceptors (Lipinski definition) is 3. The van der Waals surface area contributed by atoms with E-state index in [9.17, 15) is 9.59 Å². The highest BCUT2D eigenvalue weighted by atomic mass is 79.9. The molecule has 0 fully saturated rings. The lowest BCUT2D eigenvalue weighted by Gasteiger charge is -2.17. The molecule has 0 aliphatic carbocycles. The van der Waals surface area contributed by atoms with Crippen molar-refractivity contribution in [2.45, 2.75) is 17.1 Å². The molecular formula is C22H19BrN2O2S. The fourth-order valence-electron chi connectivity index (χ4n) is 2.63. The van der Waals surface area contributed by atoms with Gasteiger partial charge in [0.05, 0.1) is 0 Å². The Bertz CT molecular complexity index is 962. The molecule has 6 heteroatoms. The minimum absolute atomic E-state index is 0.108. The van der Waals surface area contributed by atoms with Gasteiger partial charge in [0.2, 0.25) is 11.8 Å². The van der Waals surface area contributed by atoms with Crippen LogP contribution in [-0.2, 0) is 9.59 Å². The smallest absolute Gasteiger partial charge is 0.242 e. The van der Waals surface area contributed by atoms with Crippen LogP contribution in [0.4, 0.5) is 11.4 Å². The van der Waals surface area contributed by atoms with Gasteiger partial charge in [0, 0.05) is 27.7 Å². The second-order valence-corrected chi connectivity index (χ2v) is 8.21. The topological polar surface area (TPSA) is 58.2 Å². The molecule has 0 aliphatic heterocycles. The number of thioether (sulfide) groups is 1. The molecule has 4 nitrogen and oxygen atoms in total. The molecule has 142 valence electrons. The van der Waals surface area contributed by atoms with Crippen molar-refractivity contribution in [3.05, 3.63) is 88.9 Å². The van der Waals surface area contributed by atoms with Gasteiger partial charge in [-0.2, -0.15) is 0 Å². The Morgan fingerprint density at radius 3 is 2.25 bits per heavy atom. The molecule has 0 spiro atoms. The quantitative estimate of drug-likeness (QED) is 0.457. The summed E-state index contributed by atoms with van der Waals surface area (Å²) in [4.78, 5) is 25.3. The first kappa shape index (κ1) is 20.2. The molecule has 2 amide bonds. The third kappa shape index (κ3) is 5.71. The molecule has 1 atom stereocenters. The van der Waals surface area contributed by atoms with Gasteiger partial charge in [-0.3, -0.25) is 9.59 Å². The maximum atomic E-state index is 13.1. The molecule has 3 rings (SSSR count). The molecule has 0 saturated carbocycles. The Morgan fingerprint density at radius 1 is 0.857 bits per heavy atom. The predicted octanol–water partition coefficient (Wildman–Crippen LogP) is 5.88. The van der Waals surface area contributed by atoms with Gasteiger partial charge < -0.3 is 10.6 Å². The van der Waals surface area contributed by atoms with Crippen molar-refractivity contribution in [3.8, 4) is 0 Å². The van der Waals surface area contributed by atoms with E-state index in [2.05, 4.69) is 26.6 Å². The van der Waals surface area contributed by atoms with Crippen LogP contribution in [0.3, 0.4) is 0 Å². The number of anilines is 2. The van der Waals surface area contributed by atoms with Crippen LogP contribution in [-0.4, -0.2) is 11.8 Å². The molecule has 0 bridgehead atoms. The summed E-state index contributed by atoms with van der Waals surface area (Å²) in [5.74, 6) is -0.238. The minimum Gasteiger partial charge on any atom is -0.326 e. The van der Waals surface area contributed by atoms with Crippen molar-refractivity contribution in [2.24, 2.45) is 0 Å². The van der Waals surface area contributed by atoms with E-state index < -0.39 is 5.25 Å². The van der Waals surface area contributed by atoms with Gasteiger partial charge in [0.25, 0.3) is 0 Å². The minimum atomic E-state index is -0.433. The van der Waals surface area contributed by atoms with Crippen LogP contribution in [0.5, 0.6) is 0 Å². The number of benzene rings is 3. The number of carbonyl (C=O) groups is 2. The summed E-state index contributed by atoms with van der Waals surface area (Å²) in [5, 5.41) is 5.33. The van der Waals surface area contributed by atoms with Gasteiger partial charge in [0.1, 0.15) is 5.25 Å².